The summed E-state index contributed by atoms with van der Waals surface area (Å²) < 4.78 is 13.2. The summed E-state index contributed by atoms with van der Waals surface area (Å²) in [6.45, 7) is 2.32. The minimum absolute atomic E-state index is 0.0597. The van der Waals surface area contributed by atoms with E-state index in [-0.39, 0.29) is 11.7 Å². The van der Waals surface area contributed by atoms with Crippen molar-refractivity contribution in [3.05, 3.63) is 29.6 Å². The SMILES string of the molecule is CNC(=O)CCNc1cc(C)ccc1F. The van der Waals surface area contributed by atoms with Crippen LogP contribution in [0.4, 0.5) is 10.1 Å². The molecule has 3 nitrogen and oxygen atoms in total. The van der Waals surface area contributed by atoms with Crippen molar-refractivity contribution in [1.82, 2.24) is 5.32 Å². The molecule has 0 fully saturated rings. The summed E-state index contributed by atoms with van der Waals surface area (Å²) in [5.74, 6) is -0.354. The van der Waals surface area contributed by atoms with Crippen molar-refractivity contribution in [3.63, 3.8) is 0 Å². The van der Waals surface area contributed by atoms with Gasteiger partial charge in [0, 0.05) is 20.0 Å². The van der Waals surface area contributed by atoms with Crippen LogP contribution in [0.5, 0.6) is 0 Å². The third-order valence-electron chi connectivity index (χ3n) is 2.07. The van der Waals surface area contributed by atoms with Crippen LogP contribution in [0.1, 0.15) is 12.0 Å². The number of carbonyl (C=O) groups is 1. The molecule has 82 valence electrons. The van der Waals surface area contributed by atoms with Crippen LogP contribution < -0.4 is 10.6 Å². The highest BCUT2D eigenvalue weighted by Crippen LogP contribution is 2.15. The number of aryl methyl sites for hydroxylation is 1. The zero-order valence-corrected chi connectivity index (χ0v) is 8.93. The van der Waals surface area contributed by atoms with Gasteiger partial charge < -0.3 is 10.6 Å². The summed E-state index contributed by atoms with van der Waals surface area (Å²) in [6.07, 6.45) is 0.337. The van der Waals surface area contributed by atoms with Gasteiger partial charge in [0.2, 0.25) is 5.91 Å². The lowest BCUT2D eigenvalue weighted by atomic mass is 10.2. The first-order valence-corrected chi connectivity index (χ1v) is 4.84. The molecule has 1 aromatic rings. The van der Waals surface area contributed by atoms with Crippen LogP contribution in [0.15, 0.2) is 18.2 Å². The van der Waals surface area contributed by atoms with Crippen LogP contribution >= 0.6 is 0 Å². The molecule has 15 heavy (non-hydrogen) atoms. The Morgan fingerprint density at radius 3 is 2.87 bits per heavy atom. The van der Waals surface area contributed by atoms with Gasteiger partial charge in [0.05, 0.1) is 5.69 Å². The van der Waals surface area contributed by atoms with E-state index in [1.807, 2.05) is 6.92 Å². The van der Waals surface area contributed by atoms with Crippen LogP contribution in [0.25, 0.3) is 0 Å². The predicted molar refractivity (Wildman–Crippen MR) is 58.3 cm³/mol. The van der Waals surface area contributed by atoms with Gasteiger partial charge in [-0.05, 0) is 24.6 Å². The van der Waals surface area contributed by atoms with Crippen LogP contribution in [-0.2, 0) is 4.79 Å². The van der Waals surface area contributed by atoms with Crippen molar-refractivity contribution >= 4 is 11.6 Å². The fraction of sp³-hybridized carbons (Fsp3) is 0.364. The van der Waals surface area contributed by atoms with Crippen LogP contribution in [0, 0.1) is 12.7 Å². The molecular formula is C11H15FN2O. The Balaban J connectivity index is 2.50. The second kappa shape index (κ2) is 5.34. The van der Waals surface area contributed by atoms with Gasteiger partial charge >= 0.3 is 0 Å². The first-order valence-electron chi connectivity index (χ1n) is 4.84. The maximum absolute atomic E-state index is 13.2. The van der Waals surface area contributed by atoms with Crippen LogP contribution in [-0.4, -0.2) is 19.5 Å². The standard InChI is InChI=1S/C11H15FN2O/c1-8-3-4-9(12)10(7-8)14-6-5-11(15)13-2/h3-4,7,14H,5-6H2,1-2H3,(H,13,15). The molecule has 1 rings (SSSR count). The number of nitrogens with one attached hydrogen (secondary N) is 2. The first kappa shape index (κ1) is 11.5. The molecule has 0 radical (unpaired) electrons. The van der Waals surface area contributed by atoms with Gasteiger partial charge in [0.15, 0.2) is 0 Å². The van der Waals surface area contributed by atoms with E-state index in [4.69, 9.17) is 0 Å². The third-order valence-corrected chi connectivity index (χ3v) is 2.07. The zero-order valence-electron chi connectivity index (χ0n) is 8.93. The molecule has 0 unspecified atom stereocenters. The van der Waals surface area contributed by atoms with Crippen molar-refractivity contribution in [2.75, 3.05) is 18.9 Å². The van der Waals surface area contributed by atoms with Crippen molar-refractivity contribution in [1.29, 1.82) is 0 Å². The Bertz CT molecular complexity index is 352. The maximum atomic E-state index is 13.2. The summed E-state index contributed by atoms with van der Waals surface area (Å²) in [5.41, 5.74) is 1.43. The first-order chi connectivity index (χ1) is 7.13. The second-order valence-electron chi connectivity index (χ2n) is 3.33. The molecule has 0 spiro atoms. The summed E-state index contributed by atoms with van der Waals surface area (Å²) in [7, 11) is 1.58. The van der Waals surface area contributed by atoms with Gasteiger partial charge in [-0.15, -0.1) is 0 Å². The zero-order chi connectivity index (χ0) is 11.3. The summed E-state index contributed by atoms with van der Waals surface area (Å²) in [5, 5.41) is 5.39. The van der Waals surface area contributed by atoms with Gasteiger partial charge in [0.25, 0.3) is 0 Å². The number of benzene rings is 1. The van der Waals surface area contributed by atoms with Gasteiger partial charge in [-0.25, -0.2) is 4.39 Å². The van der Waals surface area contributed by atoms with Gasteiger partial charge in [0.1, 0.15) is 5.82 Å². The molecule has 2 N–H and O–H groups in total. The molecule has 0 aliphatic heterocycles. The molecule has 1 aromatic carbocycles. The van der Waals surface area contributed by atoms with E-state index in [1.54, 1.807) is 19.2 Å². The van der Waals surface area contributed by atoms with Crippen molar-refractivity contribution < 1.29 is 9.18 Å². The van der Waals surface area contributed by atoms with E-state index in [0.717, 1.165) is 5.56 Å². The highest BCUT2D eigenvalue weighted by molar-refractivity contribution is 5.76. The Kier molecular flexibility index (Phi) is 4.09. The van der Waals surface area contributed by atoms with E-state index in [1.165, 1.54) is 6.07 Å². The molecule has 0 aliphatic rings. The second-order valence-corrected chi connectivity index (χ2v) is 3.33. The number of halogens is 1. The maximum Gasteiger partial charge on any atom is 0.221 e. The van der Waals surface area contributed by atoms with E-state index in [2.05, 4.69) is 10.6 Å². The van der Waals surface area contributed by atoms with Crippen molar-refractivity contribution in [2.24, 2.45) is 0 Å². The quantitative estimate of drug-likeness (QED) is 0.794. The monoisotopic (exact) mass is 210 g/mol. The average Bonchev–Trinajstić information content (AvgIpc) is 2.23. The number of hydrogen-bond acceptors (Lipinski definition) is 2. The number of anilines is 1. The minimum Gasteiger partial charge on any atom is -0.382 e. The Labute approximate surface area is 88.7 Å². The molecule has 0 aliphatic carbocycles. The molecule has 0 aromatic heterocycles. The molecule has 0 atom stereocenters. The summed E-state index contributed by atoms with van der Waals surface area (Å²) in [6, 6.07) is 4.84. The van der Waals surface area contributed by atoms with Gasteiger partial charge in [-0.3, -0.25) is 4.79 Å². The normalized spacial score (nSPS) is 9.80. The average molecular weight is 210 g/mol. The highest BCUT2D eigenvalue weighted by Gasteiger charge is 2.02. The number of amides is 1. The lowest BCUT2D eigenvalue weighted by Crippen LogP contribution is -2.21. The van der Waals surface area contributed by atoms with E-state index < -0.39 is 0 Å². The van der Waals surface area contributed by atoms with Gasteiger partial charge in [-0.1, -0.05) is 6.07 Å². The molecule has 1 amide bonds. The lowest BCUT2D eigenvalue weighted by Gasteiger charge is -2.07. The van der Waals surface area contributed by atoms with Crippen molar-refractivity contribution in [3.8, 4) is 0 Å². The lowest BCUT2D eigenvalue weighted by molar-refractivity contribution is -0.120. The fourth-order valence-electron chi connectivity index (χ4n) is 1.21. The molecule has 0 heterocycles. The topological polar surface area (TPSA) is 41.1 Å². The predicted octanol–water partition coefficient (Wildman–Crippen LogP) is 1.68. The molecular weight excluding hydrogens is 195 g/mol. The third kappa shape index (κ3) is 3.58. The number of carbonyl (C=O) groups excluding carboxylic acids is 1. The van der Waals surface area contributed by atoms with Crippen LogP contribution in [0.3, 0.4) is 0 Å². The minimum atomic E-state index is -0.294. The van der Waals surface area contributed by atoms with Crippen LogP contribution in [0.2, 0.25) is 0 Å². The van der Waals surface area contributed by atoms with Gasteiger partial charge in [-0.2, -0.15) is 0 Å². The molecule has 0 saturated heterocycles. The molecule has 0 saturated carbocycles. The largest absolute Gasteiger partial charge is 0.382 e. The highest BCUT2D eigenvalue weighted by atomic mass is 19.1. The Hall–Kier alpha value is -1.58. The Morgan fingerprint density at radius 2 is 2.20 bits per heavy atom. The van der Waals surface area contributed by atoms with E-state index in [9.17, 15) is 9.18 Å². The van der Waals surface area contributed by atoms with Crippen molar-refractivity contribution in [2.45, 2.75) is 13.3 Å². The summed E-state index contributed by atoms with van der Waals surface area (Å²) >= 11 is 0. The summed E-state index contributed by atoms with van der Waals surface area (Å²) in [4.78, 5) is 10.9. The smallest absolute Gasteiger partial charge is 0.221 e. The number of rotatable bonds is 4. The Morgan fingerprint density at radius 1 is 1.47 bits per heavy atom. The van der Waals surface area contributed by atoms with E-state index >= 15 is 0 Å². The fourth-order valence-corrected chi connectivity index (χ4v) is 1.21. The molecule has 0 bridgehead atoms. The number of hydrogen-bond donors (Lipinski definition) is 2. The van der Waals surface area contributed by atoms with E-state index in [0.29, 0.717) is 18.7 Å². The molecule has 4 heteroatoms.